The largest absolute Gasteiger partial charge is 0.465 e. The highest BCUT2D eigenvalue weighted by atomic mass is 79.9. The summed E-state index contributed by atoms with van der Waals surface area (Å²) >= 11 is 3.34. The number of nitrogens with zero attached hydrogens (tertiary/aromatic N) is 1. The first-order valence-electron chi connectivity index (χ1n) is 6.96. The van der Waals surface area contributed by atoms with Crippen molar-refractivity contribution in [2.24, 2.45) is 5.92 Å². The van der Waals surface area contributed by atoms with Crippen LogP contribution in [0.3, 0.4) is 0 Å². The molecule has 3 nitrogen and oxygen atoms in total. The third-order valence-corrected chi connectivity index (χ3v) is 4.29. The van der Waals surface area contributed by atoms with Gasteiger partial charge in [0.15, 0.2) is 0 Å². The molecule has 1 aromatic carbocycles. The fourth-order valence-corrected chi connectivity index (χ4v) is 3.19. The zero-order valence-corrected chi connectivity index (χ0v) is 13.7. The normalized spacial score (nSPS) is 17.5. The first-order valence-corrected chi connectivity index (χ1v) is 7.75. The highest BCUT2D eigenvalue weighted by Crippen LogP contribution is 2.34. The number of carbonyl (C=O) groups excluding carboxylic acids is 1. The van der Waals surface area contributed by atoms with Gasteiger partial charge in [0.25, 0.3) is 0 Å². The molecule has 0 radical (unpaired) electrons. The summed E-state index contributed by atoms with van der Waals surface area (Å²) in [6, 6.07) is 5.24. The van der Waals surface area contributed by atoms with E-state index >= 15 is 0 Å². The van der Waals surface area contributed by atoms with Gasteiger partial charge in [0.1, 0.15) is 0 Å². The van der Waals surface area contributed by atoms with Gasteiger partial charge in [-0.3, -0.25) is 4.90 Å². The number of piperidine rings is 1. The van der Waals surface area contributed by atoms with Crippen molar-refractivity contribution in [2.75, 3.05) is 20.2 Å². The van der Waals surface area contributed by atoms with Gasteiger partial charge in [0, 0.05) is 11.0 Å². The number of hydrogen-bond acceptors (Lipinski definition) is 3. The zero-order valence-electron chi connectivity index (χ0n) is 12.1. The van der Waals surface area contributed by atoms with E-state index in [1.54, 1.807) is 12.1 Å². The van der Waals surface area contributed by atoms with Crippen molar-refractivity contribution in [2.45, 2.75) is 25.6 Å². The predicted octanol–water partition coefficient (Wildman–Crippen LogP) is 4.01. The molecule has 0 aliphatic carbocycles. The molecule has 7 heteroatoms. The van der Waals surface area contributed by atoms with Crippen molar-refractivity contribution in [1.82, 2.24) is 4.90 Å². The van der Waals surface area contributed by atoms with E-state index in [4.69, 9.17) is 0 Å². The van der Waals surface area contributed by atoms with Crippen molar-refractivity contribution in [1.29, 1.82) is 0 Å². The molecule has 0 atom stereocenters. The molecule has 0 aromatic heterocycles. The van der Waals surface area contributed by atoms with E-state index < -0.39 is 18.1 Å². The molecule has 0 bridgehead atoms. The molecule has 0 unspecified atom stereocenters. The topological polar surface area (TPSA) is 29.5 Å². The van der Waals surface area contributed by atoms with E-state index in [1.807, 2.05) is 11.0 Å². The van der Waals surface area contributed by atoms with Crippen LogP contribution in [-0.4, -0.2) is 37.2 Å². The number of rotatable bonds is 3. The van der Waals surface area contributed by atoms with Gasteiger partial charge in [0.05, 0.1) is 18.6 Å². The van der Waals surface area contributed by atoms with E-state index in [0.717, 1.165) is 10.0 Å². The molecule has 1 fully saturated rings. The van der Waals surface area contributed by atoms with Crippen LogP contribution in [0.4, 0.5) is 13.2 Å². The molecule has 2 rings (SSSR count). The van der Waals surface area contributed by atoms with Gasteiger partial charge in [-0.2, -0.15) is 13.2 Å². The molecular weight excluding hydrogens is 363 g/mol. The maximum absolute atomic E-state index is 12.7. The van der Waals surface area contributed by atoms with E-state index in [9.17, 15) is 18.0 Å². The molecule has 1 aliphatic rings. The van der Waals surface area contributed by atoms with E-state index in [1.165, 1.54) is 7.11 Å². The van der Waals surface area contributed by atoms with Gasteiger partial charge in [-0.25, -0.2) is 4.79 Å². The maximum Gasteiger partial charge on any atom is 0.391 e. The van der Waals surface area contributed by atoms with Gasteiger partial charge in [-0.05, 0) is 49.7 Å². The first kappa shape index (κ1) is 17.3. The number of halogens is 4. The summed E-state index contributed by atoms with van der Waals surface area (Å²) in [7, 11) is 1.31. The second kappa shape index (κ2) is 7.00. The summed E-state index contributed by atoms with van der Waals surface area (Å²) in [6.45, 7) is 1.34. The Morgan fingerprint density at radius 3 is 2.50 bits per heavy atom. The minimum Gasteiger partial charge on any atom is -0.465 e. The Kier molecular flexibility index (Phi) is 5.50. The van der Waals surface area contributed by atoms with Crippen LogP contribution >= 0.6 is 15.9 Å². The fraction of sp³-hybridized carbons (Fsp3) is 0.533. The molecule has 122 valence electrons. The highest BCUT2D eigenvalue weighted by molar-refractivity contribution is 9.10. The molecule has 1 heterocycles. The van der Waals surface area contributed by atoms with Crippen LogP contribution in [0.5, 0.6) is 0 Å². The van der Waals surface area contributed by atoms with Gasteiger partial charge in [0.2, 0.25) is 0 Å². The van der Waals surface area contributed by atoms with Crippen molar-refractivity contribution in [3.63, 3.8) is 0 Å². The number of likely N-dealkylation sites (tertiary alicyclic amines) is 1. The molecule has 22 heavy (non-hydrogen) atoms. The smallest absolute Gasteiger partial charge is 0.391 e. The highest BCUT2D eigenvalue weighted by Gasteiger charge is 2.40. The van der Waals surface area contributed by atoms with Gasteiger partial charge in [-0.1, -0.05) is 15.9 Å². The average Bonchev–Trinajstić information content (AvgIpc) is 2.45. The summed E-state index contributed by atoms with van der Waals surface area (Å²) in [5.41, 5.74) is 1.30. The van der Waals surface area contributed by atoms with Crippen LogP contribution in [0, 0.1) is 5.92 Å². The van der Waals surface area contributed by atoms with Crippen LogP contribution in [0.1, 0.15) is 28.8 Å². The molecule has 0 spiro atoms. The van der Waals surface area contributed by atoms with Gasteiger partial charge >= 0.3 is 12.1 Å². The Bertz CT molecular complexity index is 540. The van der Waals surface area contributed by atoms with Crippen molar-refractivity contribution in [3.05, 3.63) is 33.8 Å². The summed E-state index contributed by atoms with van der Waals surface area (Å²) in [5, 5.41) is 0. The SMILES string of the molecule is COC(=O)c1cc(Br)cc(CN2CCC(C(F)(F)F)CC2)c1. The lowest BCUT2D eigenvalue weighted by molar-refractivity contribution is -0.185. The molecular formula is C15H17BrF3NO2. The molecule has 1 saturated heterocycles. The quantitative estimate of drug-likeness (QED) is 0.743. The summed E-state index contributed by atoms with van der Waals surface area (Å²) in [4.78, 5) is 13.6. The van der Waals surface area contributed by atoms with Crippen LogP contribution in [0.15, 0.2) is 22.7 Å². The van der Waals surface area contributed by atoms with Crippen LogP contribution in [-0.2, 0) is 11.3 Å². The molecule has 1 aromatic rings. The second-order valence-corrected chi connectivity index (χ2v) is 6.35. The minimum absolute atomic E-state index is 0.126. The Morgan fingerprint density at radius 1 is 1.32 bits per heavy atom. The summed E-state index contributed by atoms with van der Waals surface area (Å²) in [6.07, 6.45) is -3.84. The Balaban J connectivity index is 2.00. The van der Waals surface area contributed by atoms with Crippen molar-refractivity contribution >= 4 is 21.9 Å². The zero-order chi connectivity index (χ0) is 16.3. The minimum atomic E-state index is -4.10. The standard InChI is InChI=1S/C15H17BrF3NO2/c1-22-14(21)11-6-10(7-13(16)8-11)9-20-4-2-12(3-5-20)15(17,18)19/h6-8,12H,2-5,9H2,1H3. The molecule has 0 N–H and O–H groups in total. The molecule has 0 saturated carbocycles. The number of methoxy groups -OCH3 is 1. The third kappa shape index (κ3) is 4.46. The Labute approximate surface area is 135 Å². The second-order valence-electron chi connectivity index (χ2n) is 5.43. The van der Waals surface area contributed by atoms with Gasteiger partial charge in [-0.15, -0.1) is 0 Å². The van der Waals surface area contributed by atoms with E-state index in [0.29, 0.717) is 25.2 Å². The fourth-order valence-electron chi connectivity index (χ4n) is 2.65. The van der Waals surface area contributed by atoms with Crippen molar-refractivity contribution < 1.29 is 22.7 Å². The van der Waals surface area contributed by atoms with Crippen molar-refractivity contribution in [3.8, 4) is 0 Å². The van der Waals surface area contributed by atoms with Crippen LogP contribution < -0.4 is 0 Å². The Hall–Kier alpha value is -1.08. The number of alkyl halides is 3. The van der Waals surface area contributed by atoms with Crippen LogP contribution in [0.2, 0.25) is 0 Å². The number of benzene rings is 1. The predicted molar refractivity (Wildman–Crippen MR) is 79.5 cm³/mol. The van der Waals surface area contributed by atoms with Crippen LogP contribution in [0.25, 0.3) is 0 Å². The molecule has 1 aliphatic heterocycles. The summed E-state index contributed by atoms with van der Waals surface area (Å²) < 4.78 is 43.4. The Morgan fingerprint density at radius 2 is 1.95 bits per heavy atom. The lowest BCUT2D eigenvalue weighted by Crippen LogP contribution is -2.38. The maximum atomic E-state index is 12.7. The molecule has 0 amide bonds. The average molecular weight is 380 g/mol. The monoisotopic (exact) mass is 379 g/mol. The third-order valence-electron chi connectivity index (χ3n) is 3.84. The van der Waals surface area contributed by atoms with E-state index in [-0.39, 0.29) is 12.8 Å². The lowest BCUT2D eigenvalue weighted by atomic mass is 9.96. The summed E-state index contributed by atoms with van der Waals surface area (Å²) in [5.74, 6) is -1.63. The number of ether oxygens (including phenoxy) is 1. The number of carbonyl (C=O) groups is 1. The first-order chi connectivity index (χ1) is 10.3. The van der Waals surface area contributed by atoms with Gasteiger partial charge < -0.3 is 4.74 Å². The van der Waals surface area contributed by atoms with E-state index in [2.05, 4.69) is 20.7 Å². The number of hydrogen-bond donors (Lipinski definition) is 0. The number of esters is 1. The lowest BCUT2D eigenvalue weighted by Gasteiger charge is -2.32.